The maximum atomic E-state index is 4.76. The average Bonchev–Trinajstić information content (AvgIpc) is 3.66. The van der Waals surface area contributed by atoms with Crippen LogP contribution in [0.3, 0.4) is 0 Å². The Kier molecular flexibility index (Phi) is 6.44. The van der Waals surface area contributed by atoms with Crippen LogP contribution < -0.4 is 0 Å². The van der Waals surface area contributed by atoms with Gasteiger partial charge in [0.05, 0.1) is 22.8 Å². The molecule has 35 heavy (non-hydrogen) atoms. The summed E-state index contributed by atoms with van der Waals surface area (Å²) >= 11 is 0. The van der Waals surface area contributed by atoms with Crippen LogP contribution in [0.1, 0.15) is 22.8 Å². The Morgan fingerprint density at radius 3 is 1.69 bits per heavy atom. The summed E-state index contributed by atoms with van der Waals surface area (Å²) in [7, 11) is 0. The number of rotatable bonds is 1. The molecule has 0 saturated carbocycles. The third kappa shape index (κ3) is 5.17. The van der Waals surface area contributed by atoms with Gasteiger partial charge in [-0.2, -0.15) is 30.3 Å². The van der Waals surface area contributed by atoms with Gasteiger partial charge in [-0.3, -0.25) is 0 Å². The van der Waals surface area contributed by atoms with E-state index in [1.807, 2.05) is 60.7 Å². The van der Waals surface area contributed by atoms with Gasteiger partial charge in [0.15, 0.2) is 0 Å². The maximum Gasteiger partial charge on any atom is 2.00 e. The molecule has 3 aromatic heterocycles. The van der Waals surface area contributed by atoms with Crippen LogP contribution in [0.25, 0.3) is 57.5 Å². The molecule has 170 valence electrons. The number of H-pyrrole nitrogens is 2. The fourth-order valence-corrected chi connectivity index (χ4v) is 4.13. The number of hydrogen-bond acceptors (Lipinski definition) is 2. The molecule has 2 aliphatic rings. The van der Waals surface area contributed by atoms with E-state index in [2.05, 4.69) is 70.6 Å². The molecular weight excluding hydrogens is 472 g/mol. The van der Waals surface area contributed by atoms with Gasteiger partial charge < -0.3 is 9.97 Å². The number of hydrogen-bond donors (Lipinski definition) is 2. The molecule has 5 heteroatoms. The Balaban J connectivity index is 0.000000379. The van der Waals surface area contributed by atoms with E-state index in [0.717, 1.165) is 50.4 Å². The Bertz CT molecular complexity index is 1630. The van der Waals surface area contributed by atoms with Crippen molar-refractivity contribution < 1.29 is 17.1 Å². The predicted molar refractivity (Wildman–Crippen MR) is 142 cm³/mol. The zero-order chi connectivity index (χ0) is 22.7. The number of fused-ring (bicyclic) bond motifs is 8. The smallest absolute Gasteiger partial charge is 0.393 e. The first-order valence-corrected chi connectivity index (χ1v) is 11.3. The van der Waals surface area contributed by atoms with Crippen molar-refractivity contribution in [2.24, 2.45) is 0 Å². The van der Waals surface area contributed by atoms with Crippen molar-refractivity contribution in [1.82, 2.24) is 19.9 Å². The quantitative estimate of drug-likeness (QED) is 0.184. The number of aromatic amines is 2. The van der Waals surface area contributed by atoms with Gasteiger partial charge in [0.2, 0.25) is 0 Å². The van der Waals surface area contributed by atoms with E-state index in [4.69, 9.17) is 9.97 Å². The molecule has 5 heterocycles. The van der Waals surface area contributed by atoms with Crippen LogP contribution in [0.5, 0.6) is 0 Å². The molecule has 2 aliphatic heterocycles. The average molecular weight is 494 g/mol. The Hall–Kier alpha value is -4.18. The molecule has 2 aromatic carbocycles. The summed E-state index contributed by atoms with van der Waals surface area (Å²) in [5.74, 6) is 0. The Morgan fingerprint density at radius 2 is 1.14 bits per heavy atom. The SMILES string of the molecule is C1=Cc2cc3cc(-[c-]4cccc4)c(cc4nc(cc5ccc(cc1n2)[nH]5)C=C4)[nH]3.[Fe+2].c1cc[cH-]c1. The molecule has 0 unspecified atom stereocenters. The summed E-state index contributed by atoms with van der Waals surface area (Å²) in [6.07, 6.45) is 8.16. The topological polar surface area (TPSA) is 57.4 Å². The molecule has 8 bridgehead atoms. The van der Waals surface area contributed by atoms with Gasteiger partial charge >= 0.3 is 17.1 Å². The van der Waals surface area contributed by atoms with Gasteiger partial charge in [0, 0.05) is 16.6 Å². The van der Waals surface area contributed by atoms with Crippen molar-refractivity contribution >= 4 is 46.4 Å². The molecule has 0 amide bonds. The van der Waals surface area contributed by atoms with Crippen LogP contribution in [0, 0.1) is 0 Å². The molecular formula is C30H22FeN4. The monoisotopic (exact) mass is 494 g/mol. The molecule has 0 radical (unpaired) electrons. The first-order chi connectivity index (χ1) is 16.8. The fraction of sp³-hybridized carbons (Fsp3) is 0. The van der Waals surface area contributed by atoms with E-state index in [0.29, 0.717) is 0 Å². The molecule has 0 spiro atoms. The largest absolute Gasteiger partial charge is 2.00 e. The number of nitrogens with zero attached hydrogens (tertiary/aromatic N) is 2. The summed E-state index contributed by atoms with van der Waals surface area (Å²) in [6.45, 7) is 0. The fourth-order valence-electron chi connectivity index (χ4n) is 4.13. The third-order valence-electron chi connectivity index (χ3n) is 5.70. The minimum absolute atomic E-state index is 0. The second-order valence-electron chi connectivity index (χ2n) is 8.22. The minimum Gasteiger partial charge on any atom is -0.393 e. The van der Waals surface area contributed by atoms with Crippen LogP contribution >= 0.6 is 0 Å². The maximum absolute atomic E-state index is 4.76. The number of aromatic nitrogens is 4. The normalized spacial score (nSPS) is 11.5. The molecule has 7 rings (SSSR count). The van der Waals surface area contributed by atoms with Gasteiger partial charge in [-0.05, 0) is 66.2 Å². The second kappa shape index (κ2) is 9.98. The Morgan fingerprint density at radius 1 is 0.600 bits per heavy atom. The van der Waals surface area contributed by atoms with Crippen molar-refractivity contribution in [2.75, 3.05) is 0 Å². The predicted octanol–water partition coefficient (Wildman–Crippen LogP) is 7.44. The van der Waals surface area contributed by atoms with Gasteiger partial charge in [-0.15, -0.1) is 12.1 Å². The van der Waals surface area contributed by atoms with Crippen molar-refractivity contribution in [1.29, 1.82) is 0 Å². The van der Waals surface area contributed by atoms with Crippen LogP contribution in [0.4, 0.5) is 0 Å². The number of nitrogens with one attached hydrogen (secondary N) is 2. The summed E-state index contributed by atoms with van der Waals surface area (Å²) in [4.78, 5) is 16.4. The van der Waals surface area contributed by atoms with E-state index < -0.39 is 0 Å². The van der Waals surface area contributed by atoms with Crippen LogP contribution in [-0.4, -0.2) is 19.9 Å². The van der Waals surface area contributed by atoms with Crippen LogP contribution in [0.2, 0.25) is 0 Å². The van der Waals surface area contributed by atoms with E-state index in [-0.39, 0.29) is 17.1 Å². The van der Waals surface area contributed by atoms with Gasteiger partial charge in [0.1, 0.15) is 0 Å². The van der Waals surface area contributed by atoms with Crippen LogP contribution in [-0.2, 0) is 17.1 Å². The molecule has 0 saturated heterocycles. The van der Waals surface area contributed by atoms with Gasteiger partial charge in [-0.1, -0.05) is 17.2 Å². The summed E-state index contributed by atoms with van der Waals surface area (Å²) < 4.78 is 0. The summed E-state index contributed by atoms with van der Waals surface area (Å²) in [6, 6.07) is 32.9. The van der Waals surface area contributed by atoms with E-state index in [9.17, 15) is 0 Å². The van der Waals surface area contributed by atoms with Crippen molar-refractivity contribution in [3.63, 3.8) is 0 Å². The first-order valence-electron chi connectivity index (χ1n) is 11.3. The van der Waals surface area contributed by atoms with Crippen LogP contribution in [0.15, 0.2) is 97.1 Å². The molecule has 0 aliphatic carbocycles. The van der Waals surface area contributed by atoms with Crippen molar-refractivity contribution in [3.05, 3.63) is 120 Å². The third-order valence-corrected chi connectivity index (χ3v) is 5.70. The van der Waals surface area contributed by atoms with E-state index >= 15 is 0 Å². The zero-order valence-electron chi connectivity index (χ0n) is 18.8. The summed E-state index contributed by atoms with van der Waals surface area (Å²) in [5, 5.41) is 0. The Labute approximate surface area is 213 Å². The van der Waals surface area contributed by atoms with E-state index in [1.54, 1.807) is 0 Å². The molecule has 5 aromatic rings. The van der Waals surface area contributed by atoms with E-state index in [1.165, 1.54) is 5.56 Å². The van der Waals surface area contributed by atoms with Gasteiger partial charge in [0.25, 0.3) is 0 Å². The molecule has 0 atom stereocenters. The first kappa shape index (κ1) is 22.6. The molecule has 0 fully saturated rings. The molecule has 2 N–H and O–H groups in total. The van der Waals surface area contributed by atoms with Gasteiger partial charge in [-0.25, -0.2) is 22.1 Å². The zero-order valence-corrected chi connectivity index (χ0v) is 19.9. The molecule has 4 nitrogen and oxygen atoms in total. The second-order valence-corrected chi connectivity index (χ2v) is 8.22. The summed E-state index contributed by atoms with van der Waals surface area (Å²) in [5.41, 5.74) is 10.2. The minimum atomic E-state index is 0. The van der Waals surface area contributed by atoms with Crippen molar-refractivity contribution in [3.8, 4) is 11.1 Å². The van der Waals surface area contributed by atoms with Crippen molar-refractivity contribution in [2.45, 2.75) is 0 Å². The standard InChI is InChI=1S/C25H17N4.C5H5.Fe/c1-2-4-16(3-1)24-14-23-13-21-8-7-19(27-21)11-17-5-6-18(26-17)12-20-9-10-22(28-20)15-25(24)29-23;1-2-4-5-3-1;/h1-15,26,29H;1-5H;/q2*-1;+2.